The van der Waals surface area contributed by atoms with Gasteiger partial charge >= 0.3 is 39.5 Å². The first kappa shape index (κ1) is 103. The number of phosphoric acid groups is 2. The number of esters is 4. The molecule has 0 saturated carbocycles. The van der Waals surface area contributed by atoms with E-state index in [1.165, 1.54) is 244 Å². The summed E-state index contributed by atoms with van der Waals surface area (Å²) in [6.07, 6.45) is 64.0. The second-order valence-corrected chi connectivity index (χ2v) is 35.7. The van der Waals surface area contributed by atoms with Crippen molar-refractivity contribution in [1.82, 2.24) is 0 Å². The summed E-state index contributed by atoms with van der Waals surface area (Å²) >= 11 is 0. The zero-order chi connectivity index (χ0) is 77.4. The fourth-order valence-corrected chi connectivity index (χ4v) is 14.9. The first-order valence-electron chi connectivity index (χ1n) is 44.2. The van der Waals surface area contributed by atoms with E-state index in [1.807, 2.05) is 0 Å². The molecule has 0 bridgehead atoms. The van der Waals surface area contributed by atoms with Crippen LogP contribution < -0.4 is 0 Å². The Kier molecular flexibility index (Phi) is 73.4. The number of rotatable bonds is 83. The van der Waals surface area contributed by atoms with Crippen molar-refractivity contribution in [1.29, 1.82) is 0 Å². The summed E-state index contributed by atoms with van der Waals surface area (Å²) in [5, 5.41) is 10.7. The van der Waals surface area contributed by atoms with Gasteiger partial charge < -0.3 is 33.8 Å². The highest BCUT2D eigenvalue weighted by molar-refractivity contribution is 7.47. The lowest BCUT2D eigenvalue weighted by atomic mass is 10.0. The van der Waals surface area contributed by atoms with Crippen molar-refractivity contribution in [3.05, 3.63) is 0 Å². The average Bonchev–Trinajstić information content (AvgIpc) is 0.946. The van der Waals surface area contributed by atoms with Crippen LogP contribution in [0.2, 0.25) is 0 Å². The number of unbranched alkanes of at least 4 members (excludes halogenated alkanes) is 49. The van der Waals surface area contributed by atoms with E-state index in [-0.39, 0.29) is 25.7 Å². The van der Waals surface area contributed by atoms with E-state index in [0.717, 1.165) is 114 Å². The molecule has 624 valence electrons. The maximum atomic E-state index is 13.1. The normalized spacial score (nSPS) is 13.9. The molecule has 3 N–H and O–H groups in total. The molecule has 0 aromatic heterocycles. The van der Waals surface area contributed by atoms with E-state index in [9.17, 15) is 43.2 Å². The second-order valence-electron chi connectivity index (χ2n) is 32.8. The predicted octanol–water partition coefficient (Wildman–Crippen LogP) is 25.9. The van der Waals surface area contributed by atoms with Gasteiger partial charge in [0.05, 0.1) is 26.4 Å². The van der Waals surface area contributed by atoms with Gasteiger partial charge in [0.2, 0.25) is 0 Å². The van der Waals surface area contributed by atoms with Crippen LogP contribution in [-0.4, -0.2) is 96.7 Å². The zero-order valence-corrected chi connectivity index (χ0v) is 71.2. The molecule has 17 nitrogen and oxygen atoms in total. The van der Waals surface area contributed by atoms with Crippen molar-refractivity contribution in [2.45, 2.75) is 465 Å². The molecule has 3 unspecified atom stereocenters. The van der Waals surface area contributed by atoms with Gasteiger partial charge in [-0.1, -0.05) is 396 Å². The summed E-state index contributed by atoms with van der Waals surface area (Å²) in [4.78, 5) is 73.2. The van der Waals surface area contributed by atoms with E-state index in [0.29, 0.717) is 31.6 Å². The minimum atomic E-state index is -4.97. The molecule has 0 aromatic rings. The minimum Gasteiger partial charge on any atom is -0.462 e. The van der Waals surface area contributed by atoms with E-state index in [2.05, 4.69) is 55.4 Å². The fourth-order valence-electron chi connectivity index (χ4n) is 13.3. The number of carbonyl (C=O) groups is 4. The third-order valence-electron chi connectivity index (χ3n) is 20.1. The lowest BCUT2D eigenvalue weighted by Gasteiger charge is -2.21. The molecule has 0 fully saturated rings. The van der Waals surface area contributed by atoms with Gasteiger partial charge in [-0.2, -0.15) is 0 Å². The molecule has 5 atom stereocenters. The molecular formula is C86H168O17P2. The Balaban J connectivity index is 5.20. The number of aliphatic hydroxyl groups excluding tert-OH is 1. The van der Waals surface area contributed by atoms with Crippen LogP contribution in [0, 0.1) is 23.7 Å². The highest BCUT2D eigenvalue weighted by atomic mass is 31.2. The zero-order valence-electron chi connectivity index (χ0n) is 69.4. The molecule has 0 aliphatic heterocycles. The Morgan fingerprint density at radius 3 is 0.590 bits per heavy atom. The average molecular weight is 1540 g/mol. The summed E-state index contributed by atoms with van der Waals surface area (Å²) in [6, 6.07) is 0. The van der Waals surface area contributed by atoms with E-state index in [4.69, 9.17) is 37.0 Å². The lowest BCUT2D eigenvalue weighted by molar-refractivity contribution is -0.161. The van der Waals surface area contributed by atoms with E-state index in [1.54, 1.807) is 0 Å². The molecule has 0 saturated heterocycles. The molecule has 0 aromatic carbocycles. The van der Waals surface area contributed by atoms with Crippen molar-refractivity contribution >= 4 is 39.5 Å². The molecule has 19 heteroatoms. The van der Waals surface area contributed by atoms with Gasteiger partial charge in [0.25, 0.3) is 0 Å². The smallest absolute Gasteiger partial charge is 0.462 e. The van der Waals surface area contributed by atoms with Gasteiger partial charge in [-0.05, 0) is 49.4 Å². The summed E-state index contributed by atoms with van der Waals surface area (Å²) in [7, 11) is -9.93. The molecule has 0 aliphatic carbocycles. The van der Waals surface area contributed by atoms with Crippen LogP contribution in [0.5, 0.6) is 0 Å². The number of carbonyl (C=O) groups excluding carboxylic acids is 4. The first-order valence-corrected chi connectivity index (χ1v) is 47.2. The predicted molar refractivity (Wildman–Crippen MR) is 432 cm³/mol. The Hall–Kier alpha value is -1.94. The quantitative estimate of drug-likeness (QED) is 0.0222. The maximum Gasteiger partial charge on any atom is 0.472 e. The maximum absolute atomic E-state index is 13.1. The Bertz CT molecular complexity index is 2040. The van der Waals surface area contributed by atoms with E-state index < -0.39 is 97.5 Å². The number of aliphatic hydroxyl groups is 1. The molecule has 0 heterocycles. The molecule has 0 amide bonds. The van der Waals surface area contributed by atoms with Gasteiger partial charge in [0.15, 0.2) is 12.2 Å². The van der Waals surface area contributed by atoms with Crippen LogP contribution in [0.4, 0.5) is 0 Å². The van der Waals surface area contributed by atoms with Gasteiger partial charge in [0, 0.05) is 25.7 Å². The van der Waals surface area contributed by atoms with Crippen LogP contribution in [0.3, 0.4) is 0 Å². The molecule has 0 spiro atoms. The van der Waals surface area contributed by atoms with Gasteiger partial charge in [-0.25, -0.2) is 9.13 Å². The molecule has 0 rings (SSSR count). The minimum absolute atomic E-state index is 0.107. The van der Waals surface area contributed by atoms with Crippen molar-refractivity contribution in [3.63, 3.8) is 0 Å². The van der Waals surface area contributed by atoms with Crippen molar-refractivity contribution in [3.8, 4) is 0 Å². The number of hydrogen-bond donors (Lipinski definition) is 3. The largest absolute Gasteiger partial charge is 0.472 e. The van der Waals surface area contributed by atoms with Crippen LogP contribution in [0.1, 0.15) is 447 Å². The van der Waals surface area contributed by atoms with Crippen molar-refractivity contribution in [2.75, 3.05) is 39.6 Å². The van der Waals surface area contributed by atoms with Crippen molar-refractivity contribution < 1.29 is 80.2 Å². The highest BCUT2D eigenvalue weighted by Gasteiger charge is 2.30. The van der Waals surface area contributed by atoms with Crippen LogP contribution in [0.25, 0.3) is 0 Å². The van der Waals surface area contributed by atoms with Gasteiger partial charge in [-0.15, -0.1) is 0 Å². The topological polar surface area (TPSA) is 237 Å². The van der Waals surface area contributed by atoms with Gasteiger partial charge in [0.1, 0.15) is 19.3 Å². The Labute approximate surface area is 645 Å². The number of hydrogen-bond acceptors (Lipinski definition) is 15. The van der Waals surface area contributed by atoms with Crippen molar-refractivity contribution in [2.24, 2.45) is 23.7 Å². The van der Waals surface area contributed by atoms with Crippen LogP contribution in [0.15, 0.2) is 0 Å². The monoisotopic (exact) mass is 1540 g/mol. The molecule has 0 aliphatic rings. The van der Waals surface area contributed by atoms with E-state index >= 15 is 0 Å². The lowest BCUT2D eigenvalue weighted by Crippen LogP contribution is -2.30. The number of phosphoric ester groups is 2. The Morgan fingerprint density at radius 1 is 0.238 bits per heavy atom. The number of ether oxygens (including phenoxy) is 4. The summed E-state index contributed by atoms with van der Waals surface area (Å²) in [5.41, 5.74) is 0. The Morgan fingerprint density at radius 2 is 0.400 bits per heavy atom. The fraction of sp³-hybridized carbons (Fsp3) is 0.953. The summed E-state index contributed by atoms with van der Waals surface area (Å²) < 4.78 is 68.9. The van der Waals surface area contributed by atoms with Crippen LogP contribution >= 0.6 is 15.6 Å². The summed E-state index contributed by atoms with van der Waals surface area (Å²) in [5.74, 6) is 1.01. The molecule has 105 heavy (non-hydrogen) atoms. The second kappa shape index (κ2) is 74.8. The highest BCUT2D eigenvalue weighted by Crippen LogP contribution is 2.45. The molecule has 0 radical (unpaired) electrons. The summed E-state index contributed by atoms with van der Waals surface area (Å²) in [6.45, 7) is 14.3. The standard InChI is InChI=1S/C86H168O17P2/c1-76(2)62-54-46-38-31-25-19-15-11-9-10-12-17-21-28-34-42-50-58-66-83(88)96-72-81(102-86(91)69-61-53-44-36-30-24-23-27-33-40-48-56-64-78(5)6)74-100-104(92,93)98-70-80(87)71-99-105(94,95)101-75-82(73-97-84(89)67-59-51-45-37-41-49-57-65-79(7)8)103-85(90)68-60-52-43-35-29-22-18-14-13-16-20-26-32-39-47-55-63-77(3)4/h76-82,87H,9-75H2,1-8H3,(H,92,93)(H,94,95)/t80?,81-,82-/m1/s1. The van der Waals surface area contributed by atoms with Gasteiger partial charge in [-0.3, -0.25) is 37.3 Å². The third kappa shape index (κ3) is 79.9. The first-order chi connectivity index (χ1) is 50.6. The van der Waals surface area contributed by atoms with Crippen LogP contribution in [-0.2, 0) is 65.4 Å². The molecular weight excluding hydrogens is 1370 g/mol. The third-order valence-corrected chi connectivity index (χ3v) is 22.0. The SMILES string of the molecule is CC(C)CCCCCCCCCCCCCCCCCCCCC(=O)OC[C@H](COP(=O)(O)OCC(O)COP(=O)(O)OC[C@@H](COC(=O)CCCCCCCCCC(C)C)OC(=O)CCCCCCCCCCCCCCCCCCC(C)C)OC(=O)CCCCCCCCCCCCCCC(C)C.